The lowest BCUT2D eigenvalue weighted by atomic mass is 9.97. The van der Waals surface area contributed by atoms with Gasteiger partial charge in [0.25, 0.3) is 0 Å². The molecule has 9 nitrogen and oxygen atoms in total. The Bertz CT molecular complexity index is 1150. The molecule has 2 aliphatic carbocycles. The van der Waals surface area contributed by atoms with Gasteiger partial charge in [-0.25, -0.2) is 9.59 Å². The third-order valence-electron chi connectivity index (χ3n) is 7.68. The Morgan fingerprint density at radius 1 is 1.21 bits per heavy atom. The van der Waals surface area contributed by atoms with Crippen molar-refractivity contribution in [3.8, 4) is 0 Å². The van der Waals surface area contributed by atoms with Crippen LogP contribution in [0.25, 0.3) is 0 Å². The van der Waals surface area contributed by atoms with Crippen molar-refractivity contribution in [2.24, 2.45) is 0 Å². The van der Waals surface area contributed by atoms with E-state index in [1.807, 2.05) is 43.9 Å². The third kappa shape index (κ3) is 5.87. The highest BCUT2D eigenvalue weighted by Crippen LogP contribution is 2.52. The van der Waals surface area contributed by atoms with Gasteiger partial charge >= 0.3 is 12.2 Å². The van der Waals surface area contributed by atoms with Gasteiger partial charge in [0, 0.05) is 37.5 Å². The van der Waals surface area contributed by atoms with Gasteiger partial charge in [0.2, 0.25) is 5.89 Å². The van der Waals surface area contributed by atoms with Crippen LogP contribution >= 0.6 is 0 Å². The molecule has 1 saturated heterocycles. The fourth-order valence-corrected chi connectivity index (χ4v) is 5.30. The fraction of sp³-hybridized carbons (Fsp3) is 0.586. The van der Waals surface area contributed by atoms with Crippen LogP contribution in [-0.4, -0.2) is 70.0 Å². The Hall–Kier alpha value is -3.36. The molecule has 0 radical (unpaired) electrons. The lowest BCUT2D eigenvalue weighted by Crippen LogP contribution is -2.41. The quantitative estimate of drug-likeness (QED) is 0.428. The lowest BCUT2D eigenvalue weighted by Gasteiger charge is -2.32. The minimum Gasteiger partial charge on any atom is -0.445 e. The average Bonchev–Trinajstić information content (AvgIpc) is 3.82. The molecule has 38 heavy (non-hydrogen) atoms. The summed E-state index contributed by atoms with van der Waals surface area (Å²) in [5.74, 6) is 1.69. The van der Waals surface area contributed by atoms with E-state index in [2.05, 4.69) is 23.9 Å². The standard InChI is InChI=1S/C29H38N4O5/c1-5-17-36-27(35)33(23-18-22(23)20-9-7-6-8-10-20)19-29(13-14-29)25-30-24(38-31-25)21-11-15-32(16-12-21)26(34)37-28(2,3)4/h5-10,21-23H,1,11-19H2,2-4H3. The van der Waals surface area contributed by atoms with Crippen molar-refractivity contribution in [1.82, 2.24) is 19.9 Å². The Morgan fingerprint density at radius 2 is 1.92 bits per heavy atom. The zero-order valence-electron chi connectivity index (χ0n) is 22.6. The Labute approximate surface area is 224 Å². The molecule has 9 heteroatoms. The number of aromatic nitrogens is 2. The van der Waals surface area contributed by atoms with Gasteiger partial charge in [-0.15, -0.1) is 0 Å². The largest absolute Gasteiger partial charge is 0.445 e. The fourth-order valence-electron chi connectivity index (χ4n) is 5.30. The van der Waals surface area contributed by atoms with Crippen LogP contribution in [0.5, 0.6) is 0 Å². The van der Waals surface area contributed by atoms with E-state index in [0.717, 1.165) is 32.1 Å². The zero-order chi connectivity index (χ0) is 26.9. The normalized spacial score (nSPS) is 22.4. The molecule has 2 unspecified atom stereocenters. The molecule has 0 bridgehead atoms. The van der Waals surface area contributed by atoms with Crippen LogP contribution in [0, 0.1) is 0 Å². The number of ether oxygens (including phenoxy) is 2. The number of nitrogens with zero attached hydrogens (tertiary/aromatic N) is 4. The summed E-state index contributed by atoms with van der Waals surface area (Å²) >= 11 is 0. The molecule has 3 fully saturated rings. The number of amides is 2. The van der Waals surface area contributed by atoms with Crippen LogP contribution in [0.2, 0.25) is 0 Å². The molecule has 204 valence electrons. The van der Waals surface area contributed by atoms with E-state index < -0.39 is 5.60 Å². The van der Waals surface area contributed by atoms with E-state index in [1.165, 1.54) is 5.56 Å². The van der Waals surface area contributed by atoms with E-state index in [4.69, 9.17) is 19.0 Å². The highest BCUT2D eigenvalue weighted by Gasteiger charge is 2.55. The number of carbonyl (C=O) groups is 2. The number of carbonyl (C=O) groups excluding carboxylic acids is 2. The summed E-state index contributed by atoms with van der Waals surface area (Å²) in [6.07, 6.45) is 5.19. The van der Waals surface area contributed by atoms with Crippen LogP contribution in [-0.2, 0) is 14.9 Å². The first-order valence-electron chi connectivity index (χ1n) is 13.6. The molecule has 5 rings (SSSR count). The lowest BCUT2D eigenvalue weighted by molar-refractivity contribution is 0.0198. The molecular weight excluding hydrogens is 484 g/mol. The van der Waals surface area contributed by atoms with Crippen LogP contribution in [0.4, 0.5) is 9.59 Å². The minimum atomic E-state index is -0.512. The summed E-state index contributed by atoms with van der Waals surface area (Å²) < 4.78 is 16.7. The molecule has 1 aliphatic heterocycles. The maximum atomic E-state index is 13.1. The van der Waals surface area contributed by atoms with Crippen molar-refractivity contribution in [2.45, 2.75) is 81.8 Å². The highest BCUT2D eigenvalue weighted by molar-refractivity contribution is 5.69. The predicted molar refractivity (Wildman–Crippen MR) is 141 cm³/mol. The van der Waals surface area contributed by atoms with Gasteiger partial charge < -0.3 is 23.8 Å². The summed E-state index contributed by atoms with van der Waals surface area (Å²) in [5, 5.41) is 4.37. The highest BCUT2D eigenvalue weighted by atomic mass is 16.6. The molecule has 2 saturated carbocycles. The number of hydrogen-bond acceptors (Lipinski definition) is 7. The van der Waals surface area contributed by atoms with Gasteiger partial charge in [-0.1, -0.05) is 48.1 Å². The van der Waals surface area contributed by atoms with Gasteiger partial charge in [-0.3, -0.25) is 0 Å². The number of likely N-dealkylation sites (tertiary alicyclic amines) is 1. The first-order chi connectivity index (χ1) is 18.2. The summed E-state index contributed by atoms with van der Waals surface area (Å²) in [4.78, 5) is 33.9. The van der Waals surface area contributed by atoms with E-state index in [1.54, 1.807) is 11.0 Å². The minimum absolute atomic E-state index is 0.0933. The molecule has 1 aromatic carbocycles. The van der Waals surface area contributed by atoms with Crippen LogP contribution in [0.1, 0.15) is 82.0 Å². The molecule has 0 N–H and O–H groups in total. The maximum absolute atomic E-state index is 13.1. The molecule has 1 aromatic heterocycles. The average molecular weight is 523 g/mol. The summed E-state index contributed by atoms with van der Waals surface area (Å²) in [6, 6.07) is 10.4. The third-order valence-corrected chi connectivity index (χ3v) is 7.68. The summed E-state index contributed by atoms with van der Waals surface area (Å²) in [5.41, 5.74) is 0.417. The summed E-state index contributed by atoms with van der Waals surface area (Å²) in [7, 11) is 0. The first-order valence-corrected chi connectivity index (χ1v) is 13.6. The van der Waals surface area contributed by atoms with E-state index in [9.17, 15) is 9.59 Å². The van der Waals surface area contributed by atoms with Crippen molar-refractivity contribution < 1.29 is 23.6 Å². The molecule has 2 amide bonds. The zero-order valence-corrected chi connectivity index (χ0v) is 22.6. The first kappa shape index (κ1) is 26.3. The Kier molecular flexibility index (Phi) is 7.20. The molecule has 2 aromatic rings. The topological polar surface area (TPSA) is 98.0 Å². The second-order valence-corrected chi connectivity index (χ2v) is 11.8. The van der Waals surface area contributed by atoms with Crippen LogP contribution in [0.3, 0.4) is 0 Å². The predicted octanol–water partition coefficient (Wildman–Crippen LogP) is 5.40. The monoisotopic (exact) mass is 522 g/mol. The van der Waals surface area contributed by atoms with Gasteiger partial charge in [0.15, 0.2) is 5.82 Å². The molecular formula is C29H38N4O5. The van der Waals surface area contributed by atoms with Gasteiger partial charge in [0.1, 0.15) is 12.2 Å². The van der Waals surface area contributed by atoms with Gasteiger partial charge in [-0.05, 0) is 58.4 Å². The maximum Gasteiger partial charge on any atom is 0.410 e. The Balaban J connectivity index is 1.23. The van der Waals surface area contributed by atoms with Crippen molar-refractivity contribution in [3.63, 3.8) is 0 Å². The van der Waals surface area contributed by atoms with Crippen molar-refractivity contribution in [1.29, 1.82) is 0 Å². The van der Waals surface area contributed by atoms with Gasteiger partial charge in [-0.2, -0.15) is 4.98 Å². The van der Waals surface area contributed by atoms with Crippen molar-refractivity contribution in [3.05, 3.63) is 60.3 Å². The smallest absolute Gasteiger partial charge is 0.410 e. The van der Waals surface area contributed by atoms with Gasteiger partial charge in [0.05, 0.1) is 5.41 Å². The molecule has 3 aliphatic rings. The SMILES string of the molecule is C=CCOC(=O)N(CC1(c2noc(C3CCN(C(=O)OC(C)(C)C)CC3)n2)CC1)C1CC1c1ccccc1. The number of hydrogen-bond donors (Lipinski definition) is 0. The molecule has 0 spiro atoms. The molecule has 2 heterocycles. The second-order valence-electron chi connectivity index (χ2n) is 11.8. The molecule has 2 atom stereocenters. The van der Waals surface area contributed by atoms with Crippen LogP contribution in [0.15, 0.2) is 47.5 Å². The summed E-state index contributed by atoms with van der Waals surface area (Å²) in [6.45, 7) is 11.2. The van der Waals surface area contributed by atoms with E-state index >= 15 is 0 Å². The van der Waals surface area contributed by atoms with Crippen molar-refractivity contribution >= 4 is 12.2 Å². The van der Waals surface area contributed by atoms with E-state index in [0.29, 0.717) is 37.3 Å². The van der Waals surface area contributed by atoms with E-state index in [-0.39, 0.29) is 36.2 Å². The number of piperidine rings is 1. The number of benzene rings is 1. The Morgan fingerprint density at radius 3 is 2.55 bits per heavy atom. The van der Waals surface area contributed by atoms with Crippen LogP contribution < -0.4 is 0 Å². The second kappa shape index (κ2) is 10.4. The van der Waals surface area contributed by atoms with Crippen molar-refractivity contribution in [2.75, 3.05) is 26.2 Å². The number of rotatable bonds is 8.